The molecule has 6 nitrogen and oxygen atoms in total. The molecular formula is C20H22N2O4. The number of alkyl carbamates (subject to hydrolysis) is 1. The van der Waals surface area contributed by atoms with E-state index >= 15 is 0 Å². The predicted octanol–water partition coefficient (Wildman–Crippen LogP) is 3.06. The Hall–Kier alpha value is -2.86. The topological polar surface area (TPSA) is 87.7 Å². The van der Waals surface area contributed by atoms with Crippen LogP contribution in [0.1, 0.15) is 30.9 Å². The van der Waals surface area contributed by atoms with Crippen LogP contribution < -0.4 is 10.8 Å². The fourth-order valence-corrected chi connectivity index (χ4v) is 3.37. The number of carbonyl (C=O) groups is 2. The van der Waals surface area contributed by atoms with Gasteiger partial charge in [0.2, 0.25) is 0 Å². The molecule has 2 amide bonds. The second-order valence-electron chi connectivity index (χ2n) is 6.67. The van der Waals surface area contributed by atoms with Gasteiger partial charge in [0.25, 0.3) is 5.91 Å². The zero-order valence-electron chi connectivity index (χ0n) is 14.7. The third kappa shape index (κ3) is 3.41. The Morgan fingerprint density at radius 3 is 2.08 bits per heavy atom. The van der Waals surface area contributed by atoms with Crippen LogP contribution in [0, 0.1) is 5.92 Å². The number of amides is 2. The molecular weight excluding hydrogens is 332 g/mol. The molecule has 0 saturated carbocycles. The summed E-state index contributed by atoms with van der Waals surface area (Å²) in [6.07, 6.45) is -0.686. The molecule has 0 spiro atoms. The first kappa shape index (κ1) is 17.9. The van der Waals surface area contributed by atoms with Gasteiger partial charge in [-0.1, -0.05) is 62.4 Å². The first-order valence-corrected chi connectivity index (χ1v) is 8.58. The number of hydrogen-bond donors (Lipinski definition) is 3. The van der Waals surface area contributed by atoms with Gasteiger partial charge in [0.1, 0.15) is 12.6 Å². The first-order chi connectivity index (χ1) is 12.5. The van der Waals surface area contributed by atoms with E-state index in [9.17, 15) is 9.59 Å². The predicted molar refractivity (Wildman–Crippen MR) is 96.8 cm³/mol. The van der Waals surface area contributed by atoms with Gasteiger partial charge in [0, 0.05) is 5.92 Å². The fraction of sp³-hybridized carbons (Fsp3) is 0.300. The van der Waals surface area contributed by atoms with E-state index in [2.05, 4.69) is 17.4 Å². The highest BCUT2D eigenvalue weighted by Gasteiger charge is 2.30. The first-order valence-electron chi connectivity index (χ1n) is 8.58. The van der Waals surface area contributed by atoms with Gasteiger partial charge in [-0.15, -0.1) is 0 Å². The second kappa shape index (κ2) is 7.58. The molecule has 0 fully saturated rings. The van der Waals surface area contributed by atoms with Crippen molar-refractivity contribution in [2.24, 2.45) is 5.92 Å². The van der Waals surface area contributed by atoms with Gasteiger partial charge in [-0.25, -0.2) is 10.3 Å². The normalized spacial score (nSPS) is 13.7. The number of ether oxygens (including phenoxy) is 1. The van der Waals surface area contributed by atoms with Crippen molar-refractivity contribution in [2.45, 2.75) is 25.8 Å². The highest BCUT2D eigenvalue weighted by atomic mass is 16.5. The molecule has 3 rings (SSSR count). The van der Waals surface area contributed by atoms with Crippen molar-refractivity contribution in [3.05, 3.63) is 59.7 Å². The molecule has 6 heteroatoms. The Morgan fingerprint density at radius 1 is 1.04 bits per heavy atom. The summed E-state index contributed by atoms with van der Waals surface area (Å²) in [6.45, 7) is 3.71. The summed E-state index contributed by atoms with van der Waals surface area (Å²) in [5, 5.41) is 11.3. The van der Waals surface area contributed by atoms with Gasteiger partial charge in [-0.05, 0) is 28.2 Å². The SMILES string of the molecule is CC(C)[C@H](NC(=O)OCC1c2ccccc2-c2ccccc21)C(=O)NO. The minimum atomic E-state index is -0.865. The molecule has 2 aromatic carbocycles. The molecule has 0 saturated heterocycles. The number of hydroxylamine groups is 1. The van der Waals surface area contributed by atoms with E-state index in [0.29, 0.717) is 0 Å². The lowest BCUT2D eigenvalue weighted by Crippen LogP contribution is -2.49. The molecule has 26 heavy (non-hydrogen) atoms. The van der Waals surface area contributed by atoms with Crippen LogP contribution in [0.3, 0.4) is 0 Å². The maximum atomic E-state index is 12.2. The Bertz CT molecular complexity index is 773. The lowest BCUT2D eigenvalue weighted by Gasteiger charge is -2.21. The van der Waals surface area contributed by atoms with Crippen molar-refractivity contribution in [3.63, 3.8) is 0 Å². The average molecular weight is 354 g/mol. The summed E-state index contributed by atoms with van der Waals surface area (Å²) in [7, 11) is 0. The van der Waals surface area contributed by atoms with Gasteiger partial charge in [-0.3, -0.25) is 10.0 Å². The summed E-state index contributed by atoms with van der Waals surface area (Å²) >= 11 is 0. The van der Waals surface area contributed by atoms with Crippen molar-refractivity contribution in [3.8, 4) is 11.1 Å². The van der Waals surface area contributed by atoms with E-state index < -0.39 is 18.0 Å². The Morgan fingerprint density at radius 2 is 1.58 bits per heavy atom. The molecule has 0 aliphatic heterocycles. The monoisotopic (exact) mass is 354 g/mol. The van der Waals surface area contributed by atoms with E-state index in [1.165, 1.54) is 0 Å². The quantitative estimate of drug-likeness (QED) is 0.569. The molecule has 0 aromatic heterocycles. The molecule has 136 valence electrons. The number of nitrogens with one attached hydrogen (secondary N) is 2. The van der Waals surface area contributed by atoms with Crippen LogP contribution in [-0.4, -0.2) is 29.9 Å². The molecule has 0 bridgehead atoms. The van der Waals surface area contributed by atoms with Crippen molar-refractivity contribution in [2.75, 3.05) is 6.61 Å². The summed E-state index contributed by atoms with van der Waals surface area (Å²) < 4.78 is 5.40. The molecule has 1 aliphatic rings. The smallest absolute Gasteiger partial charge is 0.407 e. The van der Waals surface area contributed by atoms with Crippen LogP contribution >= 0.6 is 0 Å². The fourth-order valence-electron chi connectivity index (χ4n) is 3.37. The van der Waals surface area contributed by atoms with E-state index in [1.54, 1.807) is 19.3 Å². The van der Waals surface area contributed by atoms with Gasteiger partial charge < -0.3 is 10.1 Å². The van der Waals surface area contributed by atoms with Crippen molar-refractivity contribution >= 4 is 12.0 Å². The summed E-state index contributed by atoms with van der Waals surface area (Å²) in [5.41, 5.74) is 6.11. The molecule has 1 atom stereocenters. The van der Waals surface area contributed by atoms with E-state index in [0.717, 1.165) is 22.3 Å². The lowest BCUT2D eigenvalue weighted by molar-refractivity contribution is -0.132. The molecule has 0 heterocycles. The third-order valence-electron chi connectivity index (χ3n) is 4.68. The van der Waals surface area contributed by atoms with Gasteiger partial charge >= 0.3 is 6.09 Å². The minimum Gasteiger partial charge on any atom is -0.449 e. The standard InChI is InChI=1S/C20H22N2O4/c1-12(2)18(19(23)22-25)21-20(24)26-11-17-15-9-5-3-7-13(15)14-8-4-6-10-16(14)17/h3-10,12,17-18,25H,11H2,1-2H3,(H,21,24)(H,22,23)/t18-/m0/s1. The summed E-state index contributed by atoms with van der Waals surface area (Å²) in [4.78, 5) is 23.8. The van der Waals surface area contributed by atoms with Gasteiger partial charge in [-0.2, -0.15) is 0 Å². The Labute approximate surface area is 152 Å². The molecule has 3 N–H and O–H groups in total. The van der Waals surface area contributed by atoms with Gasteiger partial charge in [0.05, 0.1) is 0 Å². The zero-order chi connectivity index (χ0) is 18.7. The number of benzene rings is 2. The number of rotatable bonds is 5. The maximum Gasteiger partial charge on any atom is 0.407 e. The molecule has 2 aromatic rings. The van der Waals surface area contributed by atoms with E-state index in [1.807, 2.05) is 36.4 Å². The highest BCUT2D eigenvalue weighted by Crippen LogP contribution is 2.44. The largest absolute Gasteiger partial charge is 0.449 e. The highest BCUT2D eigenvalue weighted by molar-refractivity contribution is 5.85. The Kier molecular flexibility index (Phi) is 5.23. The average Bonchev–Trinajstić information content (AvgIpc) is 2.97. The number of carbonyl (C=O) groups excluding carboxylic acids is 2. The van der Waals surface area contributed by atoms with Crippen LogP contribution in [-0.2, 0) is 9.53 Å². The van der Waals surface area contributed by atoms with Crippen LogP contribution in [0.25, 0.3) is 11.1 Å². The molecule has 1 aliphatic carbocycles. The third-order valence-corrected chi connectivity index (χ3v) is 4.68. The lowest BCUT2D eigenvalue weighted by atomic mass is 9.98. The minimum absolute atomic E-state index is 0.0441. The van der Waals surface area contributed by atoms with E-state index in [-0.39, 0.29) is 18.4 Å². The van der Waals surface area contributed by atoms with Crippen LogP contribution in [0.4, 0.5) is 4.79 Å². The van der Waals surface area contributed by atoms with Crippen molar-refractivity contribution in [1.82, 2.24) is 10.8 Å². The number of hydrogen-bond acceptors (Lipinski definition) is 4. The molecule has 0 radical (unpaired) electrons. The van der Waals surface area contributed by atoms with Crippen LogP contribution in [0.5, 0.6) is 0 Å². The van der Waals surface area contributed by atoms with E-state index in [4.69, 9.17) is 9.94 Å². The van der Waals surface area contributed by atoms with Crippen LogP contribution in [0.2, 0.25) is 0 Å². The number of fused-ring (bicyclic) bond motifs is 3. The Balaban J connectivity index is 1.72. The maximum absolute atomic E-state index is 12.2. The molecule has 0 unspecified atom stereocenters. The summed E-state index contributed by atoms with van der Waals surface area (Å²) in [5.74, 6) is -0.909. The van der Waals surface area contributed by atoms with Crippen molar-refractivity contribution in [1.29, 1.82) is 0 Å². The second-order valence-corrected chi connectivity index (χ2v) is 6.67. The van der Waals surface area contributed by atoms with Crippen molar-refractivity contribution < 1.29 is 19.5 Å². The van der Waals surface area contributed by atoms with Gasteiger partial charge in [0.15, 0.2) is 0 Å². The summed E-state index contributed by atoms with van der Waals surface area (Å²) in [6, 6.07) is 15.3. The zero-order valence-corrected chi connectivity index (χ0v) is 14.7. The van der Waals surface area contributed by atoms with Crippen LogP contribution in [0.15, 0.2) is 48.5 Å².